The van der Waals surface area contributed by atoms with Gasteiger partial charge in [-0.2, -0.15) is 4.98 Å². The van der Waals surface area contributed by atoms with Crippen molar-refractivity contribution in [1.82, 2.24) is 15.3 Å². The van der Waals surface area contributed by atoms with Crippen LogP contribution in [0, 0.1) is 0 Å². The molecule has 7 heteroatoms. The van der Waals surface area contributed by atoms with Crippen LogP contribution in [0.2, 0.25) is 5.02 Å². The summed E-state index contributed by atoms with van der Waals surface area (Å²) in [5.74, 6) is 1.68. The van der Waals surface area contributed by atoms with Crippen molar-refractivity contribution >= 4 is 34.3 Å². The van der Waals surface area contributed by atoms with E-state index in [2.05, 4.69) is 20.2 Å². The molecule has 0 amide bonds. The topological polar surface area (TPSA) is 76.3 Å². The van der Waals surface area contributed by atoms with Crippen molar-refractivity contribution in [2.24, 2.45) is 0 Å². The number of hydrogen-bond donors (Lipinski definition) is 2. The van der Waals surface area contributed by atoms with Crippen molar-refractivity contribution in [1.29, 1.82) is 0 Å². The van der Waals surface area contributed by atoms with Crippen LogP contribution in [0.25, 0.3) is 10.9 Å². The van der Waals surface area contributed by atoms with Crippen molar-refractivity contribution in [3.05, 3.63) is 17.2 Å². The Morgan fingerprint density at radius 1 is 1.30 bits per heavy atom. The highest BCUT2D eigenvalue weighted by Crippen LogP contribution is 2.32. The van der Waals surface area contributed by atoms with Gasteiger partial charge in [-0.3, -0.25) is 0 Å². The summed E-state index contributed by atoms with van der Waals surface area (Å²) in [5, 5.41) is 4.55. The normalized spacial score (nSPS) is 15.6. The highest BCUT2D eigenvalue weighted by atomic mass is 35.5. The number of rotatable bonds is 2. The van der Waals surface area contributed by atoms with E-state index in [4.69, 9.17) is 22.1 Å². The SMILES string of the molecule is COc1cc2nc(N3CCNCC3)nc(N)c2cc1Cl. The van der Waals surface area contributed by atoms with Gasteiger partial charge in [-0.15, -0.1) is 0 Å². The number of benzene rings is 1. The zero-order valence-corrected chi connectivity index (χ0v) is 11.9. The van der Waals surface area contributed by atoms with Crippen LogP contribution in [0.15, 0.2) is 12.1 Å². The molecule has 0 bridgehead atoms. The summed E-state index contributed by atoms with van der Waals surface area (Å²) in [4.78, 5) is 11.1. The zero-order chi connectivity index (χ0) is 14.1. The predicted molar refractivity (Wildman–Crippen MR) is 80.6 cm³/mol. The summed E-state index contributed by atoms with van der Waals surface area (Å²) < 4.78 is 5.22. The maximum absolute atomic E-state index is 6.11. The second-order valence-electron chi connectivity index (χ2n) is 4.65. The fourth-order valence-electron chi connectivity index (χ4n) is 2.30. The Labute approximate surface area is 121 Å². The number of ether oxygens (including phenoxy) is 1. The van der Waals surface area contributed by atoms with E-state index in [0.29, 0.717) is 22.5 Å². The van der Waals surface area contributed by atoms with Gasteiger partial charge in [-0.1, -0.05) is 11.6 Å². The number of nitrogen functional groups attached to an aromatic ring is 1. The smallest absolute Gasteiger partial charge is 0.227 e. The number of nitrogens with one attached hydrogen (secondary N) is 1. The Kier molecular flexibility index (Phi) is 3.50. The molecular formula is C13H16ClN5O. The molecule has 0 aliphatic carbocycles. The molecule has 2 aromatic rings. The third-order valence-corrected chi connectivity index (χ3v) is 3.68. The maximum Gasteiger partial charge on any atom is 0.227 e. The number of fused-ring (bicyclic) bond motifs is 1. The number of hydrogen-bond acceptors (Lipinski definition) is 6. The van der Waals surface area contributed by atoms with Crippen molar-refractivity contribution in [2.45, 2.75) is 0 Å². The molecule has 1 aromatic heterocycles. The van der Waals surface area contributed by atoms with Crippen molar-refractivity contribution < 1.29 is 4.74 Å². The summed E-state index contributed by atoms with van der Waals surface area (Å²) in [6.07, 6.45) is 0. The Balaban J connectivity index is 2.09. The first kappa shape index (κ1) is 13.2. The van der Waals surface area contributed by atoms with Crippen LogP contribution in [0.4, 0.5) is 11.8 Å². The quantitative estimate of drug-likeness (QED) is 0.869. The number of anilines is 2. The largest absolute Gasteiger partial charge is 0.495 e. The molecule has 3 N–H and O–H groups in total. The number of piperazine rings is 1. The molecule has 0 spiro atoms. The fourth-order valence-corrected chi connectivity index (χ4v) is 2.54. The van der Waals surface area contributed by atoms with Gasteiger partial charge >= 0.3 is 0 Å². The first-order chi connectivity index (χ1) is 9.69. The van der Waals surface area contributed by atoms with E-state index >= 15 is 0 Å². The van der Waals surface area contributed by atoms with Crippen LogP contribution in [0.5, 0.6) is 5.75 Å². The molecule has 1 aliphatic rings. The molecule has 1 saturated heterocycles. The number of methoxy groups -OCH3 is 1. The van der Waals surface area contributed by atoms with E-state index in [-0.39, 0.29) is 0 Å². The molecule has 20 heavy (non-hydrogen) atoms. The van der Waals surface area contributed by atoms with Gasteiger partial charge < -0.3 is 20.7 Å². The van der Waals surface area contributed by atoms with Gasteiger partial charge in [0.1, 0.15) is 11.6 Å². The summed E-state index contributed by atoms with van der Waals surface area (Å²) in [5.41, 5.74) is 6.77. The third kappa shape index (κ3) is 2.32. The van der Waals surface area contributed by atoms with E-state index < -0.39 is 0 Å². The van der Waals surface area contributed by atoms with E-state index in [9.17, 15) is 0 Å². The lowest BCUT2D eigenvalue weighted by molar-refractivity contribution is 0.415. The van der Waals surface area contributed by atoms with Gasteiger partial charge in [0, 0.05) is 37.6 Å². The molecule has 0 atom stereocenters. The summed E-state index contributed by atoms with van der Waals surface area (Å²) in [6, 6.07) is 3.54. The monoisotopic (exact) mass is 293 g/mol. The minimum atomic E-state index is 0.438. The van der Waals surface area contributed by atoms with Crippen LogP contribution < -0.4 is 20.7 Å². The standard InChI is InChI=1S/C13H16ClN5O/c1-20-11-7-10-8(6-9(11)14)12(15)18-13(17-10)19-4-2-16-3-5-19/h6-7,16H,2-5H2,1H3,(H2,15,17,18). The van der Waals surface area contributed by atoms with Gasteiger partial charge in [-0.25, -0.2) is 4.98 Å². The Hall–Kier alpha value is -1.79. The molecule has 0 saturated carbocycles. The molecule has 1 aliphatic heterocycles. The third-order valence-electron chi connectivity index (χ3n) is 3.39. The number of halogens is 1. The second kappa shape index (κ2) is 5.30. The Bertz CT molecular complexity index is 642. The molecule has 2 heterocycles. The van der Waals surface area contributed by atoms with Crippen LogP contribution in [0.3, 0.4) is 0 Å². The average molecular weight is 294 g/mol. The lowest BCUT2D eigenvalue weighted by Crippen LogP contribution is -2.44. The molecule has 6 nitrogen and oxygen atoms in total. The number of aromatic nitrogens is 2. The average Bonchev–Trinajstić information content (AvgIpc) is 2.48. The molecule has 106 valence electrons. The van der Waals surface area contributed by atoms with Gasteiger partial charge in [0.15, 0.2) is 0 Å². The zero-order valence-electron chi connectivity index (χ0n) is 11.2. The minimum absolute atomic E-state index is 0.438. The van der Waals surface area contributed by atoms with Crippen LogP contribution in [0.1, 0.15) is 0 Å². The summed E-state index contributed by atoms with van der Waals surface area (Å²) in [6.45, 7) is 3.59. The summed E-state index contributed by atoms with van der Waals surface area (Å²) >= 11 is 6.11. The maximum atomic E-state index is 6.11. The van der Waals surface area contributed by atoms with Gasteiger partial charge in [0.25, 0.3) is 0 Å². The highest BCUT2D eigenvalue weighted by Gasteiger charge is 2.16. The summed E-state index contributed by atoms with van der Waals surface area (Å²) in [7, 11) is 1.58. The molecule has 3 rings (SSSR count). The molecule has 1 fully saturated rings. The van der Waals surface area contributed by atoms with Crippen molar-refractivity contribution in [3.8, 4) is 5.75 Å². The van der Waals surface area contributed by atoms with Crippen molar-refractivity contribution in [3.63, 3.8) is 0 Å². The predicted octanol–water partition coefficient (Wildman–Crippen LogP) is 1.28. The van der Waals surface area contributed by atoms with Gasteiger partial charge in [0.2, 0.25) is 5.95 Å². The lowest BCUT2D eigenvalue weighted by atomic mass is 10.2. The Morgan fingerprint density at radius 3 is 2.75 bits per heavy atom. The Morgan fingerprint density at radius 2 is 2.05 bits per heavy atom. The minimum Gasteiger partial charge on any atom is -0.495 e. The number of nitrogens with two attached hydrogens (primary N) is 1. The van der Waals surface area contributed by atoms with Crippen LogP contribution >= 0.6 is 11.6 Å². The highest BCUT2D eigenvalue weighted by molar-refractivity contribution is 6.33. The molecule has 0 radical (unpaired) electrons. The van der Waals surface area contributed by atoms with Crippen molar-refractivity contribution in [2.75, 3.05) is 43.9 Å². The van der Waals surface area contributed by atoms with E-state index in [1.807, 2.05) is 0 Å². The van der Waals surface area contributed by atoms with E-state index in [0.717, 1.165) is 37.1 Å². The van der Waals surface area contributed by atoms with Gasteiger partial charge in [0.05, 0.1) is 17.6 Å². The molecular weight excluding hydrogens is 278 g/mol. The lowest BCUT2D eigenvalue weighted by Gasteiger charge is -2.27. The van der Waals surface area contributed by atoms with Crippen LogP contribution in [-0.4, -0.2) is 43.3 Å². The van der Waals surface area contributed by atoms with E-state index in [1.165, 1.54) is 0 Å². The molecule has 0 unspecified atom stereocenters. The first-order valence-electron chi connectivity index (χ1n) is 6.45. The van der Waals surface area contributed by atoms with Crippen LogP contribution in [-0.2, 0) is 0 Å². The van der Waals surface area contributed by atoms with E-state index in [1.54, 1.807) is 19.2 Å². The fraction of sp³-hybridized carbons (Fsp3) is 0.385. The second-order valence-corrected chi connectivity index (χ2v) is 5.06. The first-order valence-corrected chi connectivity index (χ1v) is 6.83. The molecule has 1 aromatic carbocycles. The number of nitrogens with zero attached hydrogens (tertiary/aromatic N) is 3. The van der Waals surface area contributed by atoms with Gasteiger partial charge in [-0.05, 0) is 6.07 Å².